The number of hydrogen-bond acceptors (Lipinski definition) is 3. The average Bonchev–Trinajstić information content (AvgIpc) is 2.35. The molecule has 18 heavy (non-hydrogen) atoms. The third kappa shape index (κ3) is 5.35. The summed E-state index contributed by atoms with van der Waals surface area (Å²) in [4.78, 5) is 21.7. The topological polar surface area (TPSA) is 98.7 Å². The Kier molecular flexibility index (Phi) is 5.91. The van der Waals surface area contributed by atoms with Crippen LogP contribution in [0.1, 0.15) is 32.6 Å². The molecule has 0 aromatic rings. The van der Waals surface area contributed by atoms with E-state index in [1.807, 2.05) is 0 Å². The zero-order valence-electron chi connectivity index (χ0n) is 10.7. The molecule has 1 saturated carbocycles. The number of aliphatic carboxylic acids is 1. The number of carbonyl (C=O) groups excluding carboxylic acids is 1. The van der Waals surface area contributed by atoms with Gasteiger partial charge in [-0.25, -0.2) is 9.59 Å². The van der Waals surface area contributed by atoms with Crippen LogP contribution in [0.3, 0.4) is 0 Å². The van der Waals surface area contributed by atoms with Crippen LogP contribution in [0.25, 0.3) is 0 Å². The van der Waals surface area contributed by atoms with Crippen LogP contribution in [0.15, 0.2) is 0 Å². The maximum Gasteiger partial charge on any atom is 0.334 e. The van der Waals surface area contributed by atoms with Gasteiger partial charge < -0.3 is 20.8 Å². The maximum absolute atomic E-state index is 11.4. The molecule has 1 rings (SSSR count). The first-order valence-electron chi connectivity index (χ1n) is 6.41. The normalized spacial score (nSPS) is 25.2. The molecule has 104 valence electrons. The van der Waals surface area contributed by atoms with Gasteiger partial charge in [-0.1, -0.05) is 19.8 Å². The zero-order valence-corrected chi connectivity index (χ0v) is 10.7. The molecule has 0 spiro atoms. The summed E-state index contributed by atoms with van der Waals surface area (Å²) in [5.41, 5.74) is 0. The molecule has 0 heterocycles. The number of amides is 2. The standard InChI is InChI=1S/C12H22N2O4/c1-8-2-4-9(5-3-8)6-13-12(18)14-7-10(15)11(16)17/h8-10,15H,2-7H2,1H3,(H,16,17)(H2,13,14,18)/t8?,9?,10-/m0/s1. The van der Waals surface area contributed by atoms with Crippen molar-refractivity contribution in [1.82, 2.24) is 10.6 Å². The van der Waals surface area contributed by atoms with Gasteiger partial charge in [0, 0.05) is 6.54 Å². The van der Waals surface area contributed by atoms with E-state index in [4.69, 9.17) is 10.2 Å². The lowest BCUT2D eigenvalue weighted by atomic mass is 9.83. The third-order valence-corrected chi connectivity index (χ3v) is 3.43. The number of carboxylic acid groups (broad SMARTS) is 1. The number of hydrogen-bond donors (Lipinski definition) is 4. The van der Waals surface area contributed by atoms with E-state index in [9.17, 15) is 9.59 Å². The lowest BCUT2D eigenvalue weighted by molar-refractivity contribution is -0.146. The first kappa shape index (κ1) is 14.8. The van der Waals surface area contributed by atoms with Gasteiger partial charge in [0.15, 0.2) is 6.10 Å². The van der Waals surface area contributed by atoms with Crippen molar-refractivity contribution < 1.29 is 19.8 Å². The van der Waals surface area contributed by atoms with Gasteiger partial charge in [-0.15, -0.1) is 0 Å². The molecule has 1 aliphatic carbocycles. The minimum atomic E-state index is -1.55. The molecule has 0 unspecified atom stereocenters. The number of aliphatic hydroxyl groups is 1. The van der Waals surface area contributed by atoms with Crippen LogP contribution in [0.4, 0.5) is 4.79 Å². The van der Waals surface area contributed by atoms with Crippen LogP contribution < -0.4 is 10.6 Å². The Labute approximate surface area is 107 Å². The van der Waals surface area contributed by atoms with Gasteiger partial charge in [-0.05, 0) is 24.7 Å². The van der Waals surface area contributed by atoms with Gasteiger partial charge in [0.1, 0.15) is 0 Å². The van der Waals surface area contributed by atoms with Crippen LogP contribution in [-0.4, -0.2) is 41.4 Å². The molecular weight excluding hydrogens is 236 g/mol. The molecule has 0 aromatic carbocycles. The van der Waals surface area contributed by atoms with E-state index in [1.54, 1.807) is 0 Å². The summed E-state index contributed by atoms with van der Waals surface area (Å²) in [6, 6.07) is -0.422. The predicted molar refractivity (Wildman–Crippen MR) is 66.2 cm³/mol. The number of carbonyl (C=O) groups is 2. The first-order valence-corrected chi connectivity index (χ1v) is 6.41. The van der Waals surface area contributed by atoms with Crippen molar-refractivity contribution in [2.45, 2.75) is 38.7 Å². The molecule has 0 bridgehead atoms. The van der Waals surface area contributed by atoms with Crippen molar-refractivity contribution in [1.29, 1.82) is 0 Å². The van der Waals surface area contributed by atoms with Crippen LogP contribution in [-0.2, 0) is 4.79 Å². The van der Waals surface area contributed by atoms with E-state index in [0.29, 0.717) is 12.5 Å². The Hall–Kier alpha value is -1.30. The third-order valence-electron chi connectivity index (χ3n) is 3.43. The van der Waals surface area contributed by atoms with Crippen molar-refractivity contribution in [3.8, 4) is 0 Å². The van der Waals surface area contributed by atoms with Crippen molar-refractivity contribution in [3.63, 3.8) is 0 Å². The minimum absolute atomic E-state index is 0.275. The molecule has 4 N–H and O–H groups in total. The monoisotopic (exact) mass is 258 g/mol. The molecule has 6 heteroatoms. The highest BCUT2D eigenvalue weighted by Gasteiger charge is 2.19. The lowest BCUT2D eigenvalue weighted by Gasteiger charge is -2.26. The van der Waals surface area contributed by atoms with Gasteiger partial charge in [-0.2, -0.15) is 0 Å². The van der Waals surface area contributed by atoms with Crippen molar-refractivity contribution in [2.24, 2.45) is 11.8 Å². The van der Waals surface area contributed by atoms with Crippen LogP contribution in [0, 0.1) is 11.8 Å². The largest absolute Gasteiger partial charge is 0.479 e. The summed E-state index contributed by atoms with van der Waals surface area (Å²) in [7, 11) is 0. The smallest absolute Gasteiger partial charge is 0.334 e. The quantitative estimate of drug-likeness (QED) is 0.579. The number of rotatable bonds is 5. The molecule has 6 nitrogen and oxygen atoms in total. The molecule has 1 atom stereocenters. The second-order valence-electron chi connectivity index (χ2n) is 5.07. The second kappa shape index (κ2) is 7.20. The van der Waals surface area contributed by atoms with E-state index in [0.717, 1.165) is 18.8 Å². The van der Waals surface area contributed by atoms with E-state index in [1.165, 1.54) is 12.8 Å². The van der Waals surface area contributed by atoms with E-state index in [2.05, 4.69) is 17.6 Å². The van der Waals surface area contributed by atoms with Crippen molar-refractivity contribution >= 4 is 12.0 Å². The van der Waals surface area contributed by atoms with E-state index >= 15 is 0 Å². The van der Waals surface area contributed by atoms with Gasteiger partial charge in [0.2, 0.25) is 0 Å². The van der Waals surface area contributed by atoms with Crippen LogP contribution in [0.5, 0.6) is 0 Å². The zero-order chi connectivity index (χ0) is 13.5. The lowest BCUT2D eigenvalue weighted by Crippen LogP contribution is -2.43. The molecule has 0 saturated heterocycles. The second-order valence-corrected chi connectivity index (χ2v) is 5.07. The highest BCUT2D eigenvalue weighted by molar-refractivity contribution is 5.76. The highest BCUT2D eigenvalue weighted by atomic mass is 16.4. The fourth-order valence-electron chi connectivity index (χ4n) is 2.11. The molecule has 1 aliphatic rings. The molecule has 0 radical (unpaired) electrons. The Bertz CT molecular complexity index is 288. The average molecular weight is 258 g/mol. The maximum atomic E-state index is 11.4. The Morgan fingerprint density at radius 3 is 2.39 bits per heavy atom. The van der Waals surface area contributed by atoms with Gasteiger partial charge in [0.05, 0.1) is 6.54 Å². The fraction of sp³-hybridized carbons (Fsp3) is 0.833. The highest BCUT2D eigenvalue weighted by Crippen LogP contribution is 2.27. The van der Waals surface area contributed by atoms with Crippen molar-refractivity contribution in [2.75, 3.05) is 13.1 Å². The summed E-state index contributed by atoms with van der Waals surface area (Å²) in [5, 5.41) is 22.4. The van der Waals surface area contributed by atoms with Crippen molar-refractivity contribution in [3.05, 3.63) is 0 Å². The number of aliphatic hydroxyl groups excluding tert-OH is 1. The number of urea groups is 1. The summed E-state index contributed by atoms with van der Waals surface area (Å²) in [5.74, 6) is -0.0475. The van der Waals surface area contributed by atoms with Gasteiger partial charge in [-0.3, -0.25) is 0 Å². The molecule has 0 aromatic heterocycles. The predicted octanol–water partition coefficient (Wildman–Crippen LogP) is 0.557. The summed E-state index contributed by atoms with van der Waals surface area (Å²) >= 11 is 0. The van der Waals surface area contributed by atoms with Crippen LogP contribution in [0.2, 0.25) is 0 Å². The summed E-state index contributed by atoms with van der Waals surface area (Å²) < 4.78 is 0. The summed E-state index contributed by atoms with van der Waals surface area (Å²) in [6.45, 7) is 2.58. The van der Waals surface area contributed by atoms with Gasteiger partial charge in [0.25, 0.3) is 0 Å². The minimum Gasteiger partial charge on any atom is -0.479 e. The first-order chi connectivity index (χ1) is 8.49. The summed E-state index contributed by atoms with van der Waals surface area (Å²) in [6.07, 6.45) is 3.10. The SMILES string of the molecule is CC1CCC(CNC(=O)NC[C@H](O)C(=O)O)CC1. The fourth-order valence-corrected chi connectivity index (χ4v) is 2.11. The molecule has 1 fully saturated rings. The molecule has 2 amide bonds. The van der Waals surface area contributed by atoms with Crippen LogP contribution >= 0.6 is 0 Å². The molecule has 0 aliphatic heterocycles. The van der Waals surface area contributed by atoms with Gasteiger partial charge >= 0.3 is 12.0 Å². The number of nitrogens with one attached hydrogen (secondary N) is 2. The Morgan fingerprint density at radius 1 is 1.22 bits per heavy atom. The van der Waals surface area contributed by atoms with E-state index in [-0.39, 0.29) is 6.54 Å². The Morgan fingerprint density at radius 2 is 1.83 bits per heavy atom. The Balaban J connectivity index is 2.11. The number of carboxylic acids is 1. The van der Waals surface area contributed by atoms with E-state index < -0.39 is 18.1 Å². The molecular formula is C12H22N2O4.